The van der Waals surface area contributed by atoms with Crippen LogP contribution in [0.2, 0.25) is 0 Å². The van der Waals surface area contributed by atoms with Crippen LogP contribution < -0.4 is 25.8 Å². The summed E-state index contributed by atoms with van der Waals surface area (Å²) >= 11 is 0. The summed E-state index contributed by atoms with van der Waals surface area (Å²) in [4.78, 5) is 25.6. The van der Waals surface area contributed by atoms with Gasteiger partial charge in [-0.2, -0.15) is 0 Å². The summed E-state index contributed by atoms with van der Waals surface area (Å²) in [5.41, 5.74) is 6.90. The molecule has 0 unspecified atom stereocenters. The number of ether oxygens (including phenoxy) is 3. The van der Waals surface area contributed by atoms with Crippen molar-refractivity contribution in [2.24, 2.45) is 29.4 Å². The van der Waals surface area contributed by atoms with Crippen LogP contribution in [0.3, 0.4) is 0 Å². The second kappa shape index (κ2) is 18.8. The molecule has 39 heavy (non-hydrogen) atoms. The molecule has 0 saturated carbocycles. The second-order valence-corrected chi connectivity index (χ2v) is 11.0. The number of aliphatic hydroxyl groups is 1. The maximum Gasteiger partial charge on any atom is 0.251 e. The molecule has 2 amide bonds. The van der Waals surface area contributed by atoms with E-state index < -0.39 is 12.1 Å². The number of nitrogens with one attached hydrogen (secondary N) is 2. The summed E-state index contributed by atoms with van der Waals surface area (Å²) in [6.45, 7) is 12.3. The molecule has 0 bridgehead atoms. The van der Waals surface area contributed by atoms with Crippen LogP contribution in [0.25, 0.3) is 0 Å². The molecule has 1 rings (SSSR count). The molecule has 0 aromatic heterocycles. The molecule has 0 heterocycles. The molecule has 0 saturated heterocycles. The van der Waals surface area contributed by atoms with Crippen molar-refractivity contribution in [3.05, 3.63) is 23.8 Å². The fraction of sp³-hybridized carbons (Fsp3) is 0.733. The number of aliphatic hydroxyl groups excluding tert-OH is 1. The first-order valence-corrected chi connectivity index (χ1v) is 14.3. The van der Waals surface area contributed by atoms with Gasteiger partial charge in [-0.15, -0.1) is 0 Å². The number of amides is 2. The first-order valence-electron chi connectivity index (χ1n) is 14.3. The zero-order valence-corrected chi connectivity index (χ0v) is 25.1. The summed E-state index contributed by atoms with van der Waals surface area (Å²) < 4.78 is 16.2. The van der Waals surface area contributed by atoms with Gasteiger partial charge in [0.2, 0.25) is 5.91 Å². The van der Waals surface area contributed by atoms with Crippen LogP contribution in [-0.2, 0) is 9.53 Å². The smallest absolute Gasteiger partial charge is 0.251 e. The zero-order valence-electron chi connectivity index (χ0n) is 25.1. The molecule has 0 radical (unpaired) electrons. The van der Waals surface area contributed by atoms with Crippen molar-refractivity contribution in [1.29, 1.82) is 0 Å². The van der Waals surface area contributed by atoms with E-state index in [4.69, 9.17) is 19.9 Å². The molecule has 224 valence electrons. The average Bonchev–Trinajstić information content (AvgIpc) is 2.91. The van der Waals surface area contributed by atoms with Gasteiger partial charge in [-0.25, -0.2) is 0 Å². The highest BCUT2D eigenvalue weighted by atomic mass is 16.5. The Balaban J connectivity index is 2.76. The predicted molar refractivity (Wildman–Crippen MR) is 155 cm³/mol. The molecule has 1 aromatic carbocycles. The largest absolute Gasteiger partial charge is 0.493 e. The Morgan fingerprint density at radius 2 is 1.69 bits per heavy atom. The number of hydrogen-bond acceptors (Lipinski definition) is 7. The number of carbonyl (C=O) groups is 2. The zero-order chi connectivity index (χ0) is 29.4. The van der Waals surface area contributed by atoms with E-state index in [0.717, 1.165) is 19.3 Å². The van der Waals surface area contributed by atoms with Crippen LogP contribution in [0.4, 0.5) is 0 Å². The van der Waals surface area contributed by atoms with Crippen molar-refractivity contribution in [2.75, 3.05) is 40.5 Å². The van der Waals surface area contributed by atoms with Gasteiger partial charge in [0.25, 0.3) is 5.91 Å². The third-order valence-corrected chi connectivity index (χ3v) is 7.18. The molecule has 0 aliphatic heterocycles. The standard InChI is InChI=1S/C30H53N3O6/c1-8-9-13-32-30(36)24(21(4)5)18-26(34)25(31)16-23(20(2)3)19-33-29(35)22-11-12-27(38-7)28(17-22)39-15-10-14-37-6/h11-12,17,20-21,23-26,34H,8-10,13-16,18-19,31H2,1-7H3,(H,32,36)(H,33,35)/t23-,24-,25+,26+/m1/s1. The molecular formula is C30H53N3O6. The van der Waals surface area contributed by atoms with E-state index in [1.165, 1.54) is 0 Å². The minimum Gasteiger partial charge on any atom is -0.493 e. The van der Waals surface area contributed by atoms with Gasteiger partial charge in [0.15, 0.2) is 11.5 Å². The molecule has 5 N–H and O–H groups in total. The average molecular weight is 552 g/mol. The molecule has 1 aromatic rings. The van der Waals surface area contributed by atoms with Crippen LogP contribution in [0.5, 0.6) is 11.5 Å². The summed E-state index contributed by atoms with van der Waals surface area (Å²) in [6, 6.07) is 4.59. The highest BCUT2D eigenvalue weighted by Crippen LogP contribution is 2.28. The lowest BCUT2D eigenvalue weighted by Gasteiger charge is -2.30. The highest BCUT2D eigenvalue weighted by Gasteiger charge is 2.29. The summed E-state index contributed by atoms with van der Waals surface area (Å²) in [6.07, 6.45) is 2.69. The van der Waals surface area contributed by atoms with E-state index >= 15 is 0 Å². The molecule has 0 fully saturated rings. The Bertz CT molecular complexity index is 848. The van der Waals surface area contributed by atoms with Gasteiger partial charge in [-0.3, -0.25) is 9.59 Å². The third kappa shape index (κ3) is 12.6. The van der Waals surface area contributed by atoms with Crippen molar-refractivity contribution < 1.29 is 28.9 Å². The highest BCUT2D eigenvalue weighted by molar-refractivity contribution is 5.94. The van der Waals surface area contributed by atoms with Gasteiger partial charge in [0.1, 0.15) is 0 Å². The van der Waals surface area contributed by atoms with Crippen molar-refractivity contribution in [3.63, 3.8) is 0 Å². The lowest BCUT2D eigenvalue weighted by Crippen LogP contribution is -2.44. The van der Waals surface area contributed by atoms with Crippen molar-refractivity contribution in [1.82, 2.24) is 10.6 Å². The topological polar surface area (TPSA) is 132 Å². The lowest BCUT2D eigenvalue weighted by molar-refractivity contribution is -0.127. The van der Waals surface area contributed by atoms with E-state index in [1.807, 2.05) is 13.8 Å². The Morgan fingerprint density at radius 3 is 2.28 bits per heavy atom. The van der Waals surface area contributed by atoms with Gasteiger partial charge >= 0.3 is 0 Å². The van der Waals surface area contributed by atoms with Crippen molar-refractivity contribution >= 4 is 11.8 Å². The first kappa shape index (κ1) is 34.7. The van der Waals surface area contributed by atoms with Gasteiger partial charge in [0, 0.05) is 50.8 Å². The Kier molecular flexibility index (Phi) is 16.7. The normalized spacial score (nSPS) is 14.5. The number of unbranched alkanes of at least 4 members (excludes halogenated alkanes) is 1. The minimum absolute atomic E-state index is 0.0288. The van der Waals surface area contributed by atoms with Crippen molar-refractivity contribution in [2.45, 2.75) is 78.9 Å². The van der Waals surface area contributed by atoms with Gasteiger partial charge in [-0.1, -0.05) is 41.0 Å². The molecule has 0 aliphatic carbocycles. The summed E-state index contributed by atoms with van der Waals surface area (Å²) in [5, 5.41) is 16.9. The van der Waals surface area contributed by atoms with E-state index in [1.54, 1.807) is 32.4 Å². The van der Waals surface area contributed by atoms with Gasteiger partial charge in [0.05, 0.1) is 19.8 Å². The van der Waals surface area contributed by atoms with Crippen molar-refractivity contribution in [3.8, 4) is 11.5 Å². The summed E-state index contributed by atoms with van der Waals surface area (Å²) in [7, 11) is 3.20. The van der Waals surface area contributed by atoms with Crippen LogP contribution in [0, 0.1) is 23.7 Å². The SMILES string of the molecule is CCCCNC(=O)[C@H](C[C@H](O)[C@@H](N)C[C@H](CNC(=O)c1ccc(OC)c(OCCCOC)c1)C(C)C)C(C)C. The second-order valence-electron chi connectivity index (χ2n) is 11.0. The van der Waals surface area contributed by atoms with Gasteiger partial charge < -0.3 is 35.7 Å². The molecule has 9 heteroatoms. The predicted octanol–water partition coefficient (Wildman–Crippen LogP) is 3.77. The van der Waals surface area contributed by atoms with Crippen LogP contribution in [0.15, 0.2) is 18.2 Å². The van der Waals surface area contributed by atoms with E-state index in [0.29, 0.717) is 56.2 Å². The number of carbonyl (C=O) groups excluding carboxylic acids is 2. The maximum atomic E-state index is 13.0. The Labute approximate surface area is 235 Å². The van der Waals surface area contributed by atoms with Crippen LogP contribution in [0.1, 0.15) is 77.1 Å². The van der Waals surface area contributed by atoms with Crippen LogP contribution in [-0.4, -0.2) is 69.6 Å². The molecule has 9 nitrogen and oxygen atoms in total. The van der Waals surface area contributed by atoms with E-state index in [9.17, 15) is 14.7 Å². The number of methoxy groups -OCH3 is 2. The molecular weight excluding hydrogens is 498 g/mol. The Morgan fingerprint density at radius 1 is 0.974 bits per heavy atom. The monoisotopic (exact) mass is 551 g/mol. The van der Waals surface area contributed by atoms with Crippen LogP contribution >= 0.6 is 0 Å². The third-order valence-electron chi connectivity index (χ3n) is 7.18. The van der Waals surface area contributed by atoms with E-state index in [2.05, 4.69) is 31.4 Å². The van der Waals surface area contributed by atoms with E-state index in [-0.39, 0.29) is 35.5 Å². The minimum atomic E-state index is -0.814. The fourth-order valence-corrected chi connectivity index (χ4v) is 4.38. The lowest BCUT2D eigenvalue weighted by atomic mass is 9.83. The summed E-state index contributed by atoms with van der Waals surface area (Å²) in [5.74, 6) is 0.887. The number of hydrogen-bond donors (Lipinski definition) is 4. The fourth-order valence-electron chi connectivity index (χ4n) is 4.38. The molecule has 0 aliphatic rings. The number of nitrogens with two attached hydrogens (primary N) is 1. The van der Waals surface area contributed by atoms with Gasteiger partial charge in [-0.05, 0) is 55.2 Å². The Hall–Kier alpha value is -2.36. The molecule has 4 atom stereocenters. The quantitative estimate of drug-likeness (QED) is 0.181. The maximum absolute atomic E-state index is 13.0. The number of benzene rings is 1. The number of rotatable bonds is 20. The molecule has 0 spiro atoms. The first-order chi connectivity index (χ1) is 18.5.